The number of thiophene rings is 1. The third-order valence-corrected chi connectivity index (χ3v) is 5.38. The summed E-state index contributed by atoms with van der Waals surface area (Å²) in [5.41, 5.74) is 0.724. The molecule has 0 spiro atoms. The Morgan fingerprint density at radius 3 is 2.69 bits per heavy atom. The van der Waals surface area contributed by atoms with Crippen LogP contribution in [0.15, 0.2) is 4.99 Å². The van der Waals surface area contributed by atoms with Crippen LogP contribution in [0.2, 0.25) is 0 Å². The fraction of sp³-hybridized carbons (Fsp3) is 0.550. The maximum absolute atomic E-state index is 12.6. The lowest BCUT2D eigenvalue weighted by Crippen LogP contribution is -2.40. The van der Waals surface area contributed by atoms with Crippen molar-refractivity contribution < 1.29 is 9.53 Å². The van der Waals surface area contributed by atoms with Gasteiger partial charge in [-0.2, -0.15) is 5.26 Å². The lowest BCUT2D eigenvalue weighted by molar-refractivity contribution is -0.148. The lowest BCUT2D eigenvalue weighted by atomic mass is 9.68. The van der Waals surface area contributed by atoms with Crippen LogP contribution in [0.1, 0.15) is 55.5 Å². The number of aryl methyl sites for hydroxylation is 1. The van der Waals surface area contributed by atoms with Gasteiger partial charge >= 0.3 is 5.97 Å². The highest BCUT2D eigenvalue weighted by Gasteiger charge is 2.47. The van der Waals surface area contributed by atoms with Gasteiger partial charge in [0.15, 0.2) is 0 Å². The van der Waals surface area contributed by atoms with Crippen molar-refractivity contribution in [2.45, 2.75) is 51.4 Å². The Balaban J connectivity index is 0.00000105. The summed E-state index contributed by atoms with van der Waals surface area (Å²) in [6.07, 6.45) is 10.4. The first-order valence-corrected chi connectivity index (χ1v) is 9.46. The number of terminal acetylenes is 1. The molecule has 1 aliphatic carbocycles. The molecule has 140 valence electrons. The van der Waals surface area contributed by atoms with E-state index in [4.69, 9.17) is 4.74 Å². The number of fused-ring (bicyclic) bond motifs is 1. The number of rotatable bonds is 5. The molecule has 0 aromatic carbocycles. The number of methoxy groups -OCH3 is 1. The van der Waals surface area contributed by atoms with Crippen LogP contribution in [0.25, 0.3) is 0 Å². The SMILES string of the molecule is C#CC.CCCC1(C(=O)OC)CCCc2sc(/N=C/N(C)C)c(C#N)c21. The molecule has 6 heteroatoms. The number of aliphatic imine (C=N–C) groups is 1. The first-order chi connectivity index (χ1) is 12.4. The molecule has 26 heavy (non-hydrogen) atoms. The first kappa shape index (κ1) is 21.7. The normalized spacial score (nSPS) is 18.1. The average Bonchev–Trinajstić information content (AvgIpc) is 2.99. The molecule has 1 aliphatic rings. The zero-order valence-corrected chi connectivity index (χ0v) is 17.1. The largest absolute Gasteiger partial charge is 0.468 e. The summed E-state index contributed by atoms with van der Waals surface area (Å²) < 4.78 is 5.12. The van der Waals surface area contributed by atoms with Gasteiger partial charge in [0.1, 0.15) is 11.1 Å². The number of carbonyl (C=O) groups is 1. The van der Waals surface area contributed by atoms with Gasteiger partial charge in [0.05, 0.1) is 24.4 Å². The van der Waals surface area contributed by atoms with E-state index in [1.54, 1.807) is 13.3 Å². The van der Waals surface area contributed by atoms with Crippen LogP contribution in [-0.2, 0) is 21.4 Å². The van der Waals surface area contributed by atoms with E-state index in [1.165, 1.54) is 18.4 Å². The zero-order valence-electron chi connectivity index (χ0n) is 16.3. The number of nitrogens with zero attached hydrogens (tertiary/aromatic N) is 3. The predicted octanol–water partition coefficient (Wildman–Crippen LogP) is 4.03. The maximum Gasteiger partial charge on any atom is 0.316 e. The summed E-state index contributed by atoms with van der Waals surface area (Å²) in [5.74, 6) is 2.03. The second-order valence-electron chi connectivity index (χ2n) is 6.37. The predicted molar refractivity (Wildman–Crippen MR) is 107 cm³/mol. The van der Waals surface area contributed by atoms with Gasteiger partial charge in [-0.15, -0.1) is 23.7 Å². The van der Waals surface area contributed by atoms with E-state index >= 15 is 0 Å². The van der Waals surface area contributed by atoms with Gasteiger partial charge in [-0.3, -0.25) is 4.79 Å². The summed E-state index contributed by atoms with van der Waals surface area (Å²) in [5, 5.41) is 10.4. The molecule has 0 fully saturated rings. The average molecular weight is 374 g/mol. The highest BCUT2D eigenvalue weighted by molar-refractivity contribution is 7.16. The van der Waals surface area contributed by atoms with Crippen molar-refractivity contribution in [1.29, 1.82) is 5.26 Å². The fourth-order valence-corrected chi connectivity index (χ4v) is 4.59. The molecule has 1 heterocycles. The molecule has 0 N–H and O–H groups in total. The Morgan fingerprint density at radius 1 is 1.54 bits per heavy atom. The Kier molecular flexibility index (Phi) is 8.35. The van der Waals surface area contributed by atoms with Crippen molar-refractivity contribution in [2.24, 2.45) is 4.99 Å². The van der Waals surface area contributed by atoms with Gasteiger partial charge in [-0.1, -0.05) is 13.3 Å². The van der Waals surface area contributed by atoms with E-state index in [-0.39, 0.29) is 5.97 Å². The number of carbonyl (C=O) groups excluding carboxylic acids is 1. The molecule has 1 aromatic rings. The third-order valence-electron chi connectivity index (χ3n) is 4.22. The monoisotopic (exact) mass is 373 g/mol. The van der Waals surface area contributed by atoms with Gasteiger partial charge < -0.3 is 9.64 Å². The molecule has 1 aromatic heterocycles. The van der Waals surface area contributed by atoms with Crippen LogP contribution in [0.3, 0.4) is 0 Å². The molecule has 1 unspecified atom stereocenters. The molecule has 0 saturated carbocycles. The maximum atomic E-state index is 12.6. The number of esters is 1. The summed E-state index contributed by atoms with van der Waals surface area (Å²) in [7, 11) is 5.20. The second-order valence-corrected chi connectivity index (χ2v) is 7.45. The minimum absolute atomic E-state index is 0.224. The van der Waals surface area contributed by atoms with Crippen molar-refractivity contribution in [1.82, 2.24) is 4.90 Å². The van der Waals surface area contributed by atoms with Crippen molar-refractivity contribution in [3.63, 3.8) is 0 Å². The summed E-state index contributed by atoms with van der Waals surface area (Å²) in [6.45, 7) is 3.71. The van der Waals surface area contributed by atoms with Gasteiger partial charge in [0.2, 0.25) is 0 Å². The molecular formula is C20H27N3O2S. The molecule has 0 saturated heterocycles. The number of ether oxygens (including phenoxy) is 1. The van der Waals surface area contributed by atoms with E-state index in [9.17, 15) is 10.1 Å². The van der Waals surface area contributed by atoms with E-state index in [2.05, 4.69) is 30.3 Å². The van der Waals surface area contributed by atoms with Crippen molar-refractivity contribution in [2.75, 3.05) is 21.2 Å². The standard InChI is InChI=1S/C17H23N3O2S.C3H4/c1-5-8-17(16(21)22-4)9-6-7-13-14(17)12(10-18)15(23-13)19-11-20(2)3;1-3-2/h11H,5-9H2,1-4H3;1H,2H3/b19-11+;. The zero-order chi connectivity index (χ0) is 19.7. The molecule has 0 bridgehead atoms. The smallest absolute Gasteiger partial charge is 0.316 e. The van der Waals surface area contributed by atoms with Gasteiger partial charge in [0.25, 0.3) is 0 Å². The first-order valence-electron chi connectivity index (χ1n) is 8.64. The topological polar surface area (TPSA) is 65.7 Å². The van der Waals surface area contributed by atoms with E-state index < -0.39 is 5.41 Å². The van der Waals surface area contributed by atoms with Gasteiger partial charge in [0, 0.05) is 24.5 Å². The van der Waals surface area contributed by atoms with E-state index in [0.717, 1.165) is 36.1 Å². The Labute approximate surface area is 160 Å². The van der Waals surface area contributed by atoms with Crippen molar-refractivity contribution in [3.8, 4) is 18.4 Å². The third kappa shape index (κ3) is 4.45. The minimum Gasteiger partial charge on any atom is -0.468 e. The molecule has 2 rings (SSSR count). The number of nitriles is 1. The Hall–Kier alpha value is -2.31. The second kappa shape index (κ2) is 9.99. The number of hydrogen-bond acceptors (Lipinski definition) is 5. The van der Waals surface area contributed by atoms with Crippen molar-refractivity contribution >= 4 is 28.6 Å². The van der Waals surface area contributed by atoms with Crippen LogP contribution < -0.4 is 0 Å². The minimum atomic E-state index is -0.690. The molecule has 1 atom stereocenters. The Bertz CT molecular complexity index is 737. The highest BCUT2D eigenvalue weighted by atomic mass is 32.1. The molecule has 0 amide bonds. The van der Waals surface area contributed by atoms with Crippen LogP contribution in [-0.4, -0.2) is 38.4 Å². The highest BCUT2D eigenvalue weighted by Crippen LogP contribution is 2.50. The van der Waals surface area contributed by atoms with E-state index in [1.807, 2.05) is 19.0 Å². The quantitative estimate of drug-likeness (QED) is 0.338. The summed E-state index contributed by atoms with van der Waals surface area (Å²) >= 11 is 1.53. The summed E-state index contributed by atoms with van der Waals surface area (Å²) in [4.78, 5) is 20.0. The fourth-order valence-electron chi connectivity index (χ4n) is 3.36. The van der Waals surface area contributed by atoms with Crippen LogP contribution in [0, 0.1) is 23.7 Å². The molecule has 0 radical (unpaired) electrons. The lowest BCUT2D eigenvalue weighted by Gasteiger charge is -2.35. The van der Waals surface area contributed by atoms with Crippen LogP contribution in [0.5, 0.6) is 0 Å². The van der Waals surface area contributed by atoms with Crippen LogP contribution in [0.4, 0.5) is 5.00 Å². The van der Waals surface area contributed by atoms with Crippen LogP contribution >= 0.6 is 11.3 Å². The Morgan fingerprint density at radius 2 is 2.19 bits per heavy atom. The van der Waals surface area contributed by atoms with E-state index in [0.29, 0.717) is 17.0 Å². The van der Waals surface area contributed by atoms with Gasteiger partial charge in [-0.05, 0) is 32.6 Å². The van der Waals surface area contributed by atoms with Gasteiger partial charge in [-0.25, -0.2) is 4.99 Å². The number of hydrogen-bond donors (Lipinski definition) is 0. The molecule has 0 aliphatic heterocycles. The summed E-state index contributed by atoms with van der Waals surface area (Å²) in [6, 6.07) is 2.29. The van der Waals surface area contributed by atoms with Crippen molar-refractivity contribution in [3.05, 3.63) is 16.0 Å². The molecular weight excluding hydrogens is 346 g/mol. The molecule has 5 nitrogen and oxygen atoms in total.